The number of carbonyl (C=O) groups is 1. The molecule has 3 aromatic carbocycles. The van der Waals surface area contributed by atoms with E-state index in [1.54, 1.807) is 80.1 Å². The molecule has 0 atom stereocenters. The van der Waals surface area contributed by atoms with E-state index in [1.165, 1.54) is 11.3 Å². The van der Waals surface area contributed by atoms with Gasteiger partial charge in [-0.05, 0) is 92.7 Å². The second kappa shape index (κ2) is 10.9. The minimum Gasteiger partial charge on any atom is -0.508 e. The average molecular weight is 524 g/mol. The van der Waals surface area contributed by atoms with Gasteiger partial charge in [0.1, 0.15) is 23.9 Å². The lowest BCUT2D eigenvalue weighted by atomic mass is 9.97. The summed E-state index contributed by atoms with van der Waals surface area (Å²) in [6.07, 6.45) is 0.684. The van der Waals surface area contributed by atoms with Crippen molar-refractivity contribution in [3.05, 3.63) is 77.9 Å². The van der Waals surface area contributed by atoms with Crippen molar-refractivity contribution in [3.8, 4) is 27.7 Å². The van der Waals surface area contributed by atoms with Gasteiger partial charge in [-0.2, -0.15) is 0 Å². The van der Waals surface area contributed by atoms with Crippen LogP contribution < -0.4 is 4.74 Å². The molecule has 2 N–H and O–H groups in total. The summed E-state index contributed by atoms with van der Waals surface area (Å²) in [5.74, 6) is 0.855. The van der Waals surface area contributed by atoms with Crippen LogP contribution in [-0.4, -0.2) is 67.1 Å². The van der Waals surface area contributed by atoms with E-state index in [4.69, 9.17) is 4.74 Å². The molecule has 0 radical (unpaired) electrons. The minimum absolute atomic E-state index is 0.121. The molecule has 0 aliphatic heterocycles. The molecule has 0 aliphatic rings. The molecular weight excluding hydrogens is 493 g/mol. The predicted molar refractivity (Wildman–Crippen MR) is 148 cm³/mol. The van der Waals surface area contributed by atoms with Crippen molar-refractivity contribution in [2.75, 3.05) is 46.2 Å². The topological polar surface area (TPSA) is 87.1 Å². The van der Waals surface area contributed by atoms with Crippen molar-refractivity contribution >= 4 is 34.3 Å². The van der Waals surface area contributed by atoms with Gasteiger partial charge in [-0.15, -0.1) is 11.3 Å². The van der Waals surface area contributed by atoms with Gasteiger partial charge in [0.25, 0.3) is 0 Å². The summed E-state index contributed by atoms with van der Waals surface area (Å²) < 4.78 is 18.5. The number of aromatic hydroxyl groups is 2. The van der Waals surface area contributed by atoms with Gasteiger partial charge in [0.05, 0.1) is 7.14 Å². The smallest absolute Gasteiger partial charge is 0.195 e. The van der Waals surface area contributed by atoms with Crippen LogP contribution in [-0.2, 0) is 4.57 Å². The molecule has 1 heterocycles. The molecule has 36 heavy (non-hydrogen) atoms. The number of benzene rings is 3. The van der Waals surface area contributed by atoms with Gasteiger partial charge < -0.3 is 24.4 Å². The molecular formula is C28H30NO5PS. The highest BCUT2D eigenvalue weighted by atomic mass is 32.1. The Hall–Kier alpha value is -3.12. The third-order valence-electron chi connectivity index (χ3n) is 5.91. The van der Waals surface area contributed by atoms with E-state index in [9.17, 15) is 19.6 Å². The number of thiophene rings is 1. The number of hydrogen-bond acceptors (Lipinski definition) is 7. The highest BCUT2D eigenvalue weighted by Gasteiger charge is 2.22. The zero-order valence-corrected chi connectivity index (χ0v) is 22.3. The maximum Gasteiger partial charge on any atom is 0.195 e. The Kier molecular flexibility index (Phi) is 7.84. The first-order chi connectivity index (χ1) is 17.1. The first-order valence-corrected chi connectivity index (χ1v) is 15.3. The van der Waals surface area contributed by atoms with Crippen molar-refractivity contribution in [2.45, 2.75) is 0 Å². The summed E-state index contributed by atoms with van der Waals surface area (Å²) in [5, 5.41) is 20.4. The second-order valence-corrected chi connectivity index (χ2v) is 14.0. The van der Waals surface area contributed by atoms with Crippen LogP contribution in [0.3, 0.4) is 0 Å². The summed E-state index contributed by atoms with van der Waals surface area (Å²) in [7, 11) is -0.0430. The number of phenolic OH excluding ortho intramolecular Hbond substituents is 2. The zero-order chi connectivity index (χ0) is 25.9. The first-order valence-electron chi connectivity index (χ1n) is 11.7. The Morgan fingerprint density at radius 3 is 2.28 bits per heavy atom. The monoisotopic (exact) mass is 523 g/mol. The number of fused-ring (bicyclic) bond motifs is 1. The lowest BCUT2D eigenvalue weighted by Gasteiger charge is -2.18. The van der Waals surface area contributed by atoms with Crippen molar-refractivity contribution in [3.63, 3.8) is 0 Å². The van der Waals surface area contributed by atoms with Crippen LogP contribution in [0.5, 0.6) is 17.2 Å². The third-order valence-corrected chi connectivity index (χ3v) is 8.39. The minimum atomic E-state index is -2.03. The molecule has 0 fully saturated rings. The number of ketones is 1. The fraction of sp³-hybridized carbons (Fsp3) is 0.250. The largest absolute Gasteiger partial charge is 0.508 e. The molecule has 4 aromatic rings. The Balaban J connectivity index is 1.52. The number of likely N-dealkylation sites (N-methyl/N-ethyl adjacent to an activating group) is 1. The van der Waals surface area contributed by atoms with Gasteiger partial charge in [-0.3, -0.25) is 4.79 Å². The van der Waals surface area contributed by atoms with Crippen LogP contribution in [0.4, 0.5) is 0 Å². The molecule has 0 unspecified atom stereocenters. The fourth-order valence-electron chi connectivity index (χ4n) is 3.82. The Morgan fingerprint density at radius 2 is 1.61 bits per heavy atom. The lowest BCUT2D eigenvalue weighted by Crippen LogP contribution is -2.27. The number of rotatable bonds is 10. The Morgan fingerprint density at radius 1 is 0.944 bits per heavy atom. The highest BCUT2D eigenvalue weighted by Crippen LogP contribution is 2.41. The maximum atomic E-state index is 13.7. The van der Waals surface area contributed by atoms with Crippen LogP contribution in [0.1, 0.15) is 15.9 Å². The standard InChI is InChI=1S/C28H30NO5PS/c1-29(15-17-35(2,3)33)14-16-34-23-11-6-19(7-12-23)27(32)26-24-13-10-22(31)18-25(24)36-28(26)20-4-8-21(30)9-5-20/h4-13,18,30-31H,14-17H2,1-3H3. The van der Waals surface area contributed by atoms with Crippen molar-refractivity contribution in [2.24, 2.45) is 0 Å². The summed E-state index contributed by atoms with van der Waals surface area (Å²) in [6.45, 7) is 5.57. The normalized spacial score (nSPS) is 11.8. The molecule has 0 aliphatic carbocycles. The first kappa shape index (κ1) is 26.0. The number of phenols is 2. The highest BCUT2D eigenvalue weighted by molar-refractivity contribution is 7.62. The Bertz CT molecular complexity index is 1410. The quantitative estimate of drug-likeness (QED) is 0.192. The molecule has 0 saturated heterocycles. The van der Waals surface area contributed by atoms with Gasteiger partial charge in [0, 0.05) is 45.3 Å². The molecule has 8 heteroatoms. The van der Waals surface area contributed by atoms with Gasteiger partial charge in [0.15, 0.2) is 5.78 Å². The van der Waals surface area contributed by atoms with Crippen molar-refractivity contribution < 1.29 is 24.3 Å². The van der Waals surface area contributed by atoms with Crippen LogP contribution in [0, 0.1) is 0 Å². The third kappa shape index (κ3) is 6.35. The number of carbonyl (C=O) groups excluding carboxylic acids is 1. The predicted octanol–water partition coefficient (Wildman–Crippen LogP) is 6.14. The second-order valence-electron chi connectivity index (χ2n) is 9.34. The number of hydrogen-bond donors (Lipinski definition) is 2. The number of ether oxygens (including phenoxy) is 1. The Labute approximate surface area is 215 Å². The van der Waals surface area contributed by atoms with Crippen molar-refractivity contribution in [1.29, 1.82) is 0 Å². The van der Waals surface area contributed by atoms with Crippen LogP contribution in [0.25, 0.3) is 20.5 Å². The van der Waals surface area contributed by atoms with Gasteiger partial charge in [-0.1, -0.05) is 0 Å². The fourth-order valence-corrected chi connectivity index (χ4v) is 5.88. The average Bonchev–Trinajstić information content (AvgIpc) is 3.21. The lowest BCUT2D eigenvalue weighted by molar-refractivity contribution is 0.104. The molecule has 0 bridgehead atoms. The SMILES string of the molecule is CN(CCOc1ccc(C(=O)c2c(-c3ccc(O)cc3)sc3cc(O)ccc23)cc1)CCP(C)(C)=O. The number of nitrogens with zero attached hydrogens (tertiary/aromatic N) is 1. The van der Waals surface area contributed by atoms with Gasteiger partial charge in [-0.25, -0.2) is 0 Å². The van der Waals surface area contributed by atoms with E-state index in [1.807, 2.05) is 7.05 Å². The van der Waals surface area contributed by atoms with Crippen LogP contribution in [0.2, 0.25) is 0 Å². The van der Waals surface area contributed by atoms with Gasteiger partial charge in [0.2, 0.25) is 0 Å². The van der Waals surface area contributed by atoms with E-state index < -0.39 is 7.14 Å². The molecule has 0 spiro atoms. The zero-order valence-electron chi connectivity index (χ0n) is 20.6. The summed E-state index contributed by atoms with van der Waals surface area (Å²) >= 11 is 1.43. The molecule has 6 nitrogen and oxygen atoms in total. The molecule has 0 saturated carbocycles. The van der Waals surface area contributed by atoms with E-state index in [-0.39, 0.29) is 17.3 Å². The summed E-state index contributed by atoms with van der Waals surface area (Å²) in [5.41, 5.74) is 1.93. The molecule has 0 amide bonds. The summed E-state index contributed by atoms with van der Waals surface area (Å²) in [6, 6.07) is 18.9. The van der Waals surface area contributed by atoms with E-state index in [0.717, 1.165) is 27.1 Å². The van der Waals surface area contributed by atoms with Crippen LogP contribution in [0.15, 0.2) is 66.7 Å². The molecule has 1 aromatic heterocycles. The molecule has 4 rings (SSSR count). The van der Waals surface area contributed by atoms with E-state index >= 15 is 0 Å². The van der Waals surface area contributed by atoms with Crippen molar-refractivity contribution in [1.82, 2.24) is 4.90 Å². The summed E-state index contributed by atoms with van der Waals surface area (Å²) in [4.78, 5) is 16.5. The maximum absolute atomic E-state index is 13.7. The molecule has 188 valence electrons. The van der Waals surface area contributed by atoms with E-state index in [2.05, 4.69) is 4.90 Å². The van der Waals surface area contributed by atoms with Gasteiger partial charge >= 0.3 is 0 Å². The van der Waals surface area contributed by atoms with Crippen LogP contribution >= 0.6 is 18.5 Å². The van der Waals surface area contributed by atoms with E-state index in [0.29, 0.717) is 36.2 Å².